The lowest BCUT2D eigenvalue weighted by Crippen LogP contribution is -2.07. The molecule has 0 bridgehead atoms. The van der Waals surface area contributed by atoms with Crippen molar-refractivity contribution in [2.75, 3.05) is 5.32 Å². The lowest BCUT2D eigenvalue weighted by atomic mass is 10.2. The summed E-state index contributed by atoms with van der Waals surface area (Å²) in [5, 5.41) is 3.70. The Labute approximate surface area is 135 Å². The molecule has 2 aromatic rings. The number of hydrogen-bond acceptors (Lipinski definition) is 2. The van der Waals surface area contributed by atoms with Crippen molar-refractivity contribution in [2.45, 2.75) is 20.1 Å². The topological polar surface area (TPSA) is 21.3 Å². The normalized spacial score (nSPS) is 10.8. The SMILES string of the molecule is Cc1ccc(NCc2cc(Br)ccc2OC(F)F)c(Cl)c1. The van der Waals surface area contributed by atoms with Crippen molar-refractivity contribution in [3.8, 4) is 5.75 Å². The molecule has 0 unspecified atom stereocenters. The Balaban J connectivity index is 2.16. The Hall–Kier alpha value is -1.33. The van der Waals surface area contributed by atoms with Gasteiger partial charge >= 0.3 is 6.61 Å². The van der Waals surface area contributed by atoms with E-state index >= 15 is 0 Å². The number of benzene rings is 2. The van der Waals surface area contributed by atoms with Gasteiger partial charge in [-0.25, -0.2) is 0 Å². The fraction of sp³-hybridized carbons (Fsp3) is 0.200. The molecule has 6 heteroatoms. The van der Waals surface area contributed by atoms with Crippen molar-refractivity contribution < 1.29 is 13.5 Å². The van der Waals surface area contributed by atoms with Crippen molar-refractivity contribution in [2.24, 2.45) is 0 Å². The van der Waals surface area contributed by atoms with Crippen molar-refractivity contribution in [1.82, 2.24) is 0 Å². The van der Waals surface area contributed by atoms with Crippen LogP contribution in [0.1, 0.15) is 11.1 Å². The number of anilines is 1. The lowest BCUT2D eigenvalue weighted by molar-refractivity contribution is -0.0504. The molecule has 0 saturated carbocycles. The van der Waals surface area contributed by atoms with Gasteiger partial charge in [-0.2, -0.15) is 8.78 Å². The molecular weight excluding hydrogens is 364 g/mol. The molecule has 0 atom stereocenters. The van der Waals surface area contributed by atoms with E-state index in [0.29, 0.717) is 17.1 Å². The van der Waals surface area contributed by atoms with Crippen LogP contribution in [0.4, 0.5) is 14.5 Å². The predicted molar refractivity (Wildman–Crippen MR) is 84.3 cm³/mol. The standard InChI is InChI=1S/C15H13BrClF2NO/c1-9-2-4-13(12(17)6-9)20-8-10-7-11(16)3-5-14(10)21-15(18)19/h2-7,15,20H,8H2,1H3. The molecule has 2 nitrogen and oxygen atoms in total. The molecular formula is C15H13BrClF2NO. The molecule has 0 saturated heterocycles. The zero-order valence-corrected chi connectivity index (χ0v) is 13.5. The minimum Gasteiger partial charge on any atom is -0.434 e. The van der Waals surface area contributed by atoms with Gasteiger partial charge < -0.3 is 10.1 Å². The highest BCUT2D eigenvalue weighted by atomic mass is 79.9. The molecule has 2 rings (SSSR count). The van der Waals surface area contributed by atoms with Crippen molar-refractivity contribution in [3.63, 3.8) is 0 Å². The number of rotatable bonds is 5. The van der Waals surface area contributed by atoms with E-state index in [4.69, 9.17) is 11.6 Å². The molecule has 112 valence electrons. The van der Waals surface area contributed by atoms with Gasteiger partial charge in [-0.15, -0.1) is 0 Å². The van der Waals surface area contributed by atoms with E-state index < -0.39 is 6.61 Å². The van der Waals surface area contributed by atoms with Crippen molar-refractivity contribution in [1.29, 1.82) is 0 Å². The molecule has 0 radical (unpaired) electrons. The molecule has 0 fully saturated rings. The highest BCUT2D eigenvalue weighted by molar-refractivity contribution is 9.10. The third-order valence-electron chi connectivity index (χ3n) is 2.83. The first-order valence-corrected chi connectivity index (χ1v) is 7.36. The highest BCUT2D eigenvalue weighted by Crippen LogP contribution is 2.28. The highest BCUT2D eigenvalue weighted by Gasteiger charge is 2.10. The number of nitrogens with one attached hydrogen (secondary N) is 1. The Bertz CT molecular complexity index is 637. The first-order chi connectivity index (χ1) is 9.95. The lowest BCUT2D eigenvalue weighted by Gasteiger charge is -2.13. The number of aryl methyl sites for hydroxylation is 1. The van der Waals surface area contributed by atoms with E-state index in [0.717, 1.165) is 15.7 Å². The fourth-order valence-electron chi connectivity index (χ4n) is 1.85. The van der Waals surface area contributed by atoms with Gasteiger partial charge in [0.15, 0.2) is 0 Å². The van der Waals surface area contributed by atoms with Crippen LogP contribution < -0.4 is 10.1 Å². The van der Waals surface area contributed by atoms with E-state index in [9.17, 15) is 8.78 Å². The minimum atomic E-state index is -2.85. The van der Waals surface area contributed by atoms with Crippen LogP contribution in [0.15, 0.2) is 40.9 Å². The van der Waals surface area contributed by atoms with Crippen molar-refractivity contribution in [3.05, 3.63) is 57.0 Å². The average Bonchev–Trinajstić information content (AvgIpc) is 2.40. The smallest absolute Gasteiger partial charge is 0.387 e. The molecule has 0 spiro atoms. The summed E-state index contributed by atoms with van der Waals surface area (Å²) in [6, 6.07) is 10.5. The van der Waals surface area contributed by atoms with Gasteiger partial charge in [0.25, 0.3) is 0 Å². The van der Waals surface area contributed by atoms with Gasteiger partial charge in [0.2, 0.25) is 0 Å². The maximum Gasteiger partial charge on any atom is 0.387 e. The number of hydrogen-bond donors (Lipinski definition) is 1. The summed E-state index contributed by atoms with van der Waals surface area (Å²) in [6.07, 6.45) is 0. The summed E-state index contributed by atoms with van der Waals surface area (Å²) in [7, 11) is 0. The van der Waals surface area contributed by atoms with Gasteiger partial charge in [0.05, 0.1) is 10.7 Å². The van der Waals surface area contributed by atoms with Crippen LogP contribution in [0.5, 0.6) is 5.75 Å². The van der Waals surface area contributed by atoms with Crippen LogP contribution in [0.2, 0.25) is 5.02 Å². The molecule has 21 heavy (non-hydrogen) atoms. The summed E-state index contributed by atoms with van der Waals surface area (Å²) in [5.74, 6) is 0.143. The molecule has 0 aliphatic carbocycles. The maximum absolute atomic E-state index is 12.4. The predicted octanol–water partition coefficient (Wildman–Crippen LogP) is 5.62. The Kier molecular flexibility index (Phi) is 5.42. The Morgan fingerprint density at radius 2 is 2.00 bits per heavy atom. The second kappa shape index (κ2) is 7.09. The summed E-state index contributed by atoms with van der Waals surface area (Å²) >= 11 is 9.44. The molecule has 0 amide bonds. The van der Waals surface area contributed by atoms with E-state index in [2.05, 4.69) is 26.0 Å². The second-order valence-corrected chi connectivity index (χ2v) is 5.79. The summed E-state index contributed by atoms with van der Waals surface area (Å²) in [4.78, 5) is 0. The molecule has 0 aliphatic heterocycles. The number of ether oxygens (including phenoxy) is 1. The van der Waals surface area contributed by atoms with E-state index in [-0.39, 0.29) is 5.75 Å². The largest absolute Gasteiger partial charge is 0.434 e. The summed E-state index contributed by atoms with van der Waals surface area (Å²) in [6.45, 7) is -0.587. The van der Waals surface area contributed by atoms with E-state index in [1.807, 2.05) is 25.1 Å². The third-order valence-corrected chi connectivity index (χ3v) is 3.64. The zero-order chi connectivity index (χ0) is 15.4. The molecule has 2 aromatic carbocycles. The molecule has 0 heterocycles. The molecule has 1 N–H and O–H groups in total. The van der Waals surface area contributed by atoms with Gasteiger partial charge in [-0.05, 0) is 42.8 Å². The summed E-state index contributed by atoms with van der Waals surface area (Å²) in [5.41, 5.74) is 2.40. The first-order valence-electron chi connectivity index (χ1n) is 6.19. The first kappa shape index (κ1) is 16.0. The summed E-state index contributed by atoms with van der Waals surface area (Å²) < 4.78 is 30.1. The van der Waals surface area contributed by atoms with Crippen LogP contribution in [0.3, 0.4) is 0 Å². The molecule has 0 aliphatic rings. The van der Waals surface area contributed by atoms with Gasteiger partial charge in [-0.3, -0.25) is 0 Å². The number of alkyl halides is 2. The average molecular weight is 377 g/mol. The monoisotopic (exact) mass is 375 g/mol. The fourth-order valence-corrected chi connectivity index (χ4v) is 2.56. The third kappa shape index (κ3) is 4.58. The zero-order valence-electron chi connectivity index (χ0n) is 11.2. The Morgan fingerprint density at radius 3 is 2.67 bits per heavy atom. The van der Waals surface area contributed by atoms with Crippen LogP contribution in [0.25, 0.3) is 0 Å². The Morgan fingerprint density at radius 1 is 1.24 bits per heavy atom. The quantitative estimate of drug-likeness (QED) is 0.731. The van der Waals surface area contributed by atoms with E-state index in [1.54, 1.807) is 12.1 Å². The van der Waals surface area contributed by atoms with Crippen LogP contribution in [-0.2, 0) is 6.54 Å². The molecule has 0 aromatic heterocycles. The van der Waals surface area contributed by atoms with Gasteiger partial charge in [0, 0.05) is 16.6 Å². The van der Waals surface area contributed by atoms with Crippen LogP contribution >= 0.6 is 27.5 Å². The van der Waals surface area contributed by atoms with E-state index in [1.165, 1.54) is 6.07 Å². The van der Waals surface area contributed by atoms with Gasteiger partial charge in [0.1, 0.15) is 5.75 Å². The minimum absolute atomic E-state index is 0.143. The van der Waals surface area contributed by atoms with Gasteiger partial charge in [-0.1, -0.05) is 33.6 Å². The maximum atomic E-state index is 12.4. The van der Waals surface area contributed by atoms with Crippen LogP contribution in [0, 0.1) is 6.92 Å². The van der Waals surface area contributed by atoms with Crippen LogP contribution in [-0.4, -0.2) is 6.61 Å². The second-order valence-electron chi connectivity index (χ2n) is 4.47. The van der Waals surface area contributed by atoms with Crippen molar-refractivity contribution >= 4 is 33.2 Å². The number of halogens is 4.